The van der Waals surface area contributed by atoms with Crippen molar-refractivity contribution < 1.29 is 24.2 Å². The molecule has 1 aliphatic carbocycles. The topological polar surface area (TPSA) is 95.9 Å². The number of nitrogens with zero attached hydrogens (tertiary/aromatic N) is 1. The van der Waals surface area contributed by atoms with E-state index in [2.05, 4.69) is 5.32 Å². The Labute approximate surface area is 164 Å². The zero-order chi connectivity index (χ0) is 19.7. The van der Waals surface area contributed by atoms with Gasteiger partial charge in [-0.25, -0.2) is 4.79 Å². The van der Waals surface area contributed by atoms with Crippen LogP contribution in [-0.2, 0) is 20.8 Å². The second-order valence-electron chi connectivity index (χ2n) is 8.00. The van der Waals surface area contributed by atoms with E-state index >= 15 is 0 Å². The second kappa shape index (κ2) is 7.81. The Morgan fingerprint density at radius 1 is 1.25 bits per heavy atom. The van der Waals surface area contributed by atoms with Crippen LogP contribution in [0.1, 0.15) is 44.1 Å². The van der Waals surface area contributed by atoms with Crippen LogP contribution in [0, 0.1) is 11.8 Å². The van der Waals surface area contributed by atoms with Gasteiger partial charge in [0, 0.05) is 25.1 Å². The van der Waals surface area contributed by atoms with E-state index in [1.165, 1.54) is 0 Å². The van der Waals surface area contributed by atoms with E-state index in [0.717, 1.165) is 36.3 Å². The largest absolute Gasteiger partial charge is 0.494 e. The summed E-state index contributed by atoms with van der Waals surface area (Å²) in [5.74, 6) is 0.261. The summed E-state index contributed by atoms with van der Waals surface area (Å²) in [6.45, 7) is 0.979. The molecule has 0 aromatic heterocycles. The molecule has 3 aliphatic rings. The lowest BCUT2D eigenvalue weighted by Crippen LogP contribution is -2.43. The van der Waals surface area contributed by atoms with Gasteiger partial charge in [-0.15, -0.1) is 0 Å². The first-order chi connectivity index (χ1) is 13.5. The molecular weight excluding hydrogens is 360 g/mol. The lowest BCUT2D eigenvalue weighted by Gasteiger charge is -2.24. The van der Waals surface area contributed by atoms with Gasteiger partial charge in [-0.1, -0.05) is 6.42 Å². The van der Waals surface area contributed by atoms with Crippen molar-refractivity contribution in [3.05, 3.63) is 23.8 Å². The standard InChI is InChI=1S/C21H26N2O5/c24-18-9-6-13-11-15(7-8-17(13)22-18)28-10-2-5-19(25)23-12-14-3-1-4-16(14)20(23)21(26)27/h7-8,11,14,16,20H,1-6,9-10,12H2,(H,22,24)(H,26,27). The van der Waals surface area contributed by atoms with Gasteiger partial charge in [0.15, 0.2) is 0 Å². The van der Waals surface area contributed by atoms with Crippen molar-refractivity contribution in [2.45, 2.75) is 51.0 Å². The lowest BCUT2D eigenvalue weighted by molar-refractivity contribution is -0.149. The number of fused-ring (bicyclic) bond motifs is 2. The normalized spacial score (nSPS) is 25.8. The van der Waals surface area contributed by atoms with Crippen molar-refractivity contribution in [3.8, 4) is 5.75 Å². The van der Waals surface area contributed by atoms with E-state index < -0.39 is 12.0 Å². The number of aliphatic carboxylic acids is 1. The van der Waals surface area contributed by atoms with Crippen LogP contribution in [0.4, 0.5) is 5.69 Å². The number of carbonyl (C=O) groups is 3. The van der Waals surface area contributed by atoms with Crippen molar-refractivity contribution in [2.24, 2.45) is 11.8 Å². The van der Waals surface area contributed by atoms with Crippen LogP contribution >= 0.6 is 0 Å². The molecule has 4 rings (SSSR count). The summed E-state index contributed by atoms with van der Waals surface area (Å²) in [6.07, 6.45) is 5.03. The molecule has 0 bridgehead atoms. The maximum absolute atomic E-state index is 12.6. The first-order valence-electron chi connectivity index (χ1n) is 10.1. The van der Waals surface area contributed by atoms with Gasteiger partial charge in [0.25, 0.3) is 0 Å². The number of likely N-dealkylation sites (tertiary alicyclic amines) is 1. The van der Waals surface area contributed by atoms with Crippen LogP contribution in [0.3, 0.4) is 0 Å². The van der Waals surface area contributed by atoms with Gasteiger partial charge in [0.2, 0.25) is 11.8 Å². The minimum atomic E-state index is -0.875. The minimum absolute atomic E-state index is 0.0328. The summed E-state index contributed by atoms with van der Waals surface area (Å²) in [4.78, 5) is 37.2. The molecule has 1 aromatic carbocycles. The Morgan fingerprint density at radius 3 is 2.93 bits per heavy atom. The van der Waals surface area contributed by atoms with Crippen LogP contribution in [0.5, 0.6) is 5.75 Å². The highest BCUT2D eigenvalue weighted by Gasteiger charge is 2.49. The third-order valence-corrected chi connectivity index (χ3v) is 6.24. The molecule has 7 heteroatoms. The van der Waals surface area contributed by atoms with Gasteiger partial charge in [-0.2, -0.15) is 0 Å². The number of carboxylic acid groups (broad SMARTS) is 1. The van der Waals surface area contributed by atoms with Crippen LogP contribution in [-0.4, -0.2) is 47.0 Å². The summed E-state index contributed by atoms with van der Waals surface area (Å²) in [7, 11) is 0. The summed E-state index contributed by atoms with van der Waals surface area (Å²) in [6, 6.07) is 4.93. The molecular formula is C21H26N2O5. The number of hydrogen-bond donors (Lipinski definition) is 2. The number of ether oxygens (including phenoxy) is 1. The molecule has 28 heavy (non-hydrogen) atoms. The van der Waals surface area contributed by atoms with Gasteiger partial charge >= 0.3 is 5.97 Å². The predicted octanol–water partition coefficient (Wildman–Crippen LogP) is 2.44. The molecule has 2 heterocycles. The number of rotatable bonds is 6. The zero-order valence-corrected chi connectivity index (χ0v) is 15.9. The van der Waals surface area contributed by atoms with E-state index in [-0.39, 0.29) is 17.7 Å². The fourth-order valence-corrected chi connectivity index (χ4v) is 4.89. The van der Waals surface area contributed by atoms with E-state index in [1.807, 2.05) is 18.2 Å². The Morgan fingerprint density at radius 2 is 2.11 bits per heavy atom. The molecule has 1 saturated heterocycles. The van der Waals surface area contributed by atoms with Crippen molar-refractivity contribution >= 4 is 23.5 Å². The average Bonchev–Trinajstić information content (AvgIpc) is 3.25. The van der Waals surface area contributed by atoms with Gasteiger partial charge in [-0.05, 0) is 61.3 Å². The van der Waals surface area contributed by atoms with Gasteiger partial charge < -0.3 is 20.1 Å². The molecule has 3 atom stereocenters. The van der Waals surface area contributed by atoms with Gasteiger partial charge in [0.05, 0.1) is 6.61 Å². The summed E-state index contributed by atoms with van der Waals surface area (Å²) < 4.78 is 5.76. The summed E-state index contributed by atoms with van der Waals surface area (Å²) >= 11 is 0. The lowest BCUT2D eigenvalue weighted by atomic mass is 9.94. The number of anilines is 1. The highest BCUT2D eigenvalue weighted by molar-refractivity contribution is 5.94. The molecule has 2 amide bonds. The summed E-state index contributed by atoms with van der Waals surface area (Å²) in [5, 5.41) is 12.4. The fourth-order valence-electron chi connectivity index (χ4n) is 4.89. The number of benzene rings is 1. The van der Waals surface area contributed by atoms with Gasteiger partial charge in [-0.3, -0.25) is 9.59 Å². The smallest absolute Gasteiger partial charge is 0.326 e. The highest BCUT2D eigenvalue weighted by Crippen LogP contribution is 2.42. The fraction of sp³-hybridized carbons (Fsp3) is 0.571. The molecule has 2 N–H and O–H groups in total. The van der Waals surface area contributed by atoms with Crippen LogP contribution in [0.2, 0.25) is 0 Å². The first kappa shape index (κ1) is 18.8. The first-order valence-corrected chi connectivity index (χ1v) is 10.1. The van der Waals surface area contributed by atoms with Crippen molar-refractivity contribution in [1.29, 1.82) is 0 Å². The van der Waals surface area contributed by atoms with Crippen molar-refractivity contribution in [1.82, 2.24) is 4.90 Å². The number of carboxylic acids is 1. The van der Waals surface area contributed by atoms with Crippen LogP contribution < -0.4 is 10.1 Å². The molecule has 7 nitrogen and oxygen atoms in total. The molecule has 0 spiro atoms. The SMILES string of the molecule is O=C1CCc2cc(OCCCC(=O)N3CC4CCCC4C3C(=O)O)ccc2N1. The van der Waals surface area contributed by atoms with E-state index in [4.69, 9.17) is 4.74 Å². The summed E-state index contributed by atoms with van der Waals surface area (Å²) in [5.41, 5.74) is 1.89. The predicted molar refractivity (Wildman–Crippen MR) is 102 cm³/mol. The minimum Gasteiger partial charge on any atom is -0.494 e. The second-order valence-corrected chi connectivity index (χ2v) is 8.00. The molecule has 0 radical (unpaired) electrons. The Balaban J connectivity index is 1.27. The third kappa shape index (κ3) is 3.70. The van der Waals surface area contributed by atoms with E-state index in [0.29, 0.717) is 44.8 Å². The molecule has 2 fully saturated rings. The zero-order valence-electron chi connectivity index (χ0n) is 15.9. The molecule has 3 unspecified atom stereocenters. The Hall–Kier alpha value is -2.57. The van der Waals surface area contributed by atoms with E-state index in [9.17, 15) is 19.5 Å². The van der Waals surface area contributed by atoms with Crippen molar-refractivity contribution in [2.75, 3.05) is 18.5 Å². The van der Waals surface area contributed by atoms with Gasteiger partial charge in [0.1, 0.15) is 11.8 Å². The third-order valence-electron chi connectivity index (χ3n) is 6.24. The molecule has 2 aliphatic heterocycles. The number of amides is 2. The number of hydrogen-bond acceptors (Lipinski definition) is 4. The Bertz CT molecular complexity index is 793. The monoisotopic (exact) mass is 386 g/mol. The maximum Gasteiger partial charge on any atom is 0.326 e. The highest BCUT2D eigenvalue weighted by atomic mass is 16.5. The number of aryl methyl sites for hydroxylation is 1. The molecule has 1 aromatic rings. The van der Waals surface area contributed by atoms with Crippen LogP contribution in [0.25, 0.3) is 0 Å². The number of carbonyl (C=O) groups excluding carboxylic acids is 2. The quantitative estimate of drug-likeness (QED) is 0.732. The van der Waals surface area contributed by atoms with Crippen molar-refractivity contribution in [3.63, 3.8) is 0 Å². The Kier molecular flexibility index (Phi) is 5.24. The maximum atomic E-state index is 12.6. The van der Waals surface area contributed by atoms with Crippen LogP contribution in [0.15, 0.2) is 18.2 Å². The number of nitrogens with one attached hydrogen (secondary N) is 1. The molecule has 1 saturated carbocycles. The molecule has 150 valence electrons. The van der Waals surface area contributed by atoms with E-state index in [1.54, 1.807) is 4.90 Å². The average molecular weight is 386 g/mol.